The molecule has 0 atom stereocenters. The number of aromatic nitrogens is 1. The summed E-state index contributed by atoms with van der Waals surface area (Å²) in [5.41, 5.74) is 2.30. The van der Waals surface area contributed by atoms with Gasteiger partial charge < -0.3 is 28.8 Å². The van der Waals surface area contributed by atoms with Crippen molar-refractivity contribution < 1.29 is 23.7 Å². The topological polar surface area (TPSA) is 90.1 Å². The number of amides is 1. The average Bonchev–Trinajstić information content (AvgIpc) is 3.37. The number of hydrogen-bond donors (Lipinski definition) is 1. The lowest BCUT2D eigenvalue weighted by Gasteiger charge is -2.23. The number of carbonyl (C=O) groups excluding carboxylic acids is 1. The monoisotopic (exact) mass is 500 g/mol. The van der Waals surface area contributed by atoms with E-state index in [0.717, 1.165) is 16.7 Å². The molecule has 0 bridgehead atoms. The van der Waals surface area contributed by atoms with Crippen molar-refractivity contribution in [3.8, 4) is 23.0 Å². The number of pyridine rings is 1. The van der Waals surface area contributed by atoms with Crippen LogP contribution in [0.2, 0.25) is 0 Å². The summed E-state index contributed by atoms with van der Waals surface area (Å²) < 4.78 is 22.1. The quantitative estimate of drug-likeness (QED) is 0.352. The maximum absolute atomic E-state index is 13.7. The SMILES string of the molecule is CCOc1ccc(C(=O)N(Cc2ccc3c(c2)OCO3)Cc2cc3cc(OCC)ccc3[nH]c2=O)cc1. The first-order valence-corrected chi connectivity index (χ1v) is 12.2. The molecule has 0 saturated carbocycles. The smallest absolute Gasteiger partial charge is 0.254 e. The van der Waals surface area contributed by atoms with E-state index < -0.39 is 0 Å². The van der Waals surface area contributed by atoms with Gasteiger partial charge in [-0.05, 0) is 80.1 Å². The van der Waals surface area contributed by atoms with Gasteiger partial charge in [0.1, 0.15) is 11.5 Å². The third-order valence-electron chi connectivity index (χ3n) is 6.07. The number of fused-ring (bicyclic) bond motifs is 2. The van der Waals surface area contributed by atoms with Crippen LogP contribution < -0.4 is 24.5 Å². The molecular formula is C29H28N2O6. The van der Waals surface area contributed by atoms with E-state index in [1.165, 1.54) is 0 Å². The lowest BCUT2D eigenvalue weighted by molar-refractivity contribution is 0.0729. The molecule has 1 aliphatic heterocycles. The lowest BCUT2D eigenvalue weighted by Crippen LogP contribution is -2.32. The summed E-state index contributed by atoms with van der Waals surface area (Å²) in [6, 6.07) is 19.9. The Kier molecular flexibility index (Phi) is 6.98. The van der Waals surface area contributed by atoms with Crippen LogP contribution in [0.1, 0.15) is 35.3 Å². The van der Waals surface area contributed by atoms with Crippen molar-refractivity contribution in [1.82, 2.24) is 9.88 Å². The fourth-order valence-electron chi connectivity index (χ4n) is 4.31. The van der Waals surface area contributed by atoms with Crippen LogP contribution in [0, 0.1) is 0 Å². The highest BCUT2D eigenvalue weighted by Gasteiger charge is 2.21. The molecule has 0 saturated heterocycles. The Morgan fingerprint density at radius 2 is 1.59 bits per heavy atom. The number of nitrogens with one attached hydrogen (secondary N) is 1. The Morgan fingerprint density at radius 1 is 0.865 bits per heavy atom. The van der Waals surface area contributed by atoms with Crippen molar-refractivity contribution in [3.05, 3.63) is 93.8 Å². The first kappa shape index (κ1) is 24.2. The molecule has 1 aliphatic rings. The number of hydrogen-bond acceptors (Lipinski definition) is 6. The number of carbonyl (C=O) groups is 1. The maximum Gasteiger partial charge on any atom is 0.254 e. The predicted octanol–water partition coefficient (Wildman–Crippen LogP) is 4.90. The molecule has 8 nitrogen and oxygen atoms in total. The molecule has 1 N–H and O–H groups in total. The van der Waals surface area contributed by atoms with E-state index in [4.69, 9.17) is 18.9 Å². The van der Waals surface area contributed by atoms with Crippen LogP contribution in [0.5, 0.6) is 23.0 Å². The zero-order valence-electron chi connectivity index (χ0n) is 20.8. The summed E-state index contributed by atoms with van der Waals surface area (Å²) in [4.78, 5) is 31.2. The number of nitrogens with zero attached hydrogens (tertiary/aromatic N) is 1. The van der Waals surface area contributed by atoms with E-state index in [2.05, 4.69) is 4.98 Å². The second-order valence-electron chi connectivity index (χ2n) is 8.61. The zero-order chi connectivity index (χ0) is 25.8. The molecule has 1 aromatic heterocycles. The highest BCUT2D eigenvalue weighted by atomic mass is 16.7. The molecule has 8 heteroatoms. The molecule has 0 spiro atoms. The van der Waals surface area contributed by atoms with Gasteiger partial charge in [-0.15, -0.1) is 0 Å². The van der Waals surface area contributed by atoms with Crippen LogP contribution in [-0.4, -0.2) is 35.8 Å². The number of H-pyrrole nitrogens is 1. The molecule has 0 aliphatic carbocycles. The fraction of sp³-hybridized carbons (Fsp3) is 0.241. The second-order valence-corrected chi connectivity index (χ2v) is 8.61. The third-order valence-corrected chi connectivity index (χ3v) is 6.07. The minimum Gasteiger partial charge on any atom is -0.494 e. The van der Waals surface area contributed by atoms with E-state index in [0.29, 0.717) is 47.1 Å². The molecule has 0 fully saturated rings. The average molecular weight is 501 g/mol. The Morgan fingerprint density at radius 3 is 2.38 bits per heavy atom. The van der Waals surface area contributed by atoms with Gasteiger partial charge in [0.25, 0.3) is 11.5 Å². The third kappa shape index (κ3) is 5.38. The van der Waals surface area contributed by atoms with Crippen LogP contribution in [0.3, 0.4) is 0 Å². The molecule has 3 aromatic carbocycles. The van der Waals surface area contributed by atoms with Gasteiger partial charge in [0.2, 0.25) is 6.79 Å². The van der Waals surface area contributed by atoms with Gasteiger partial charge in [-0.1, -0.05) is 6.07 Å². The first-order valence-electron chi connectivity index (χ1n) is 12.2. The van der Waals surface area contributed by atoms with Crippen LogP contribution in [0.25, 0.3) is 10.9 Å². The molecule has 2 heterocycles. The summed E-state index contributed by atoms with van der Waals surface area (Å²) in [5.74, 6) is 2.51. The molecular weight excluding hydrogens is 472 g/mol. The normalized spacial score (nSPS) is 11.9. The van der Waals surface area contributed by atoms with Crippen molar-refractivity contribution >= 4 is 16.8 Å². The first-order chi connectivity index (χ1) is 18.0. The van der Waals surface area contributed by atoms with Crippen LogP contribution >= 0.6 is 0 Å². The molecule has 4 aromatic rings. The fourth-order valence-corrected chi connectivity index (χ4v) is 4.31. The van der Waals surface area contributed by atoms with Crippen molar-refractivity contribution in [2.45, 2.75) is 26.9 Å². The van der Waals surface area contributed by atoms with E-state index in [-0.39, 0.29) is 31.3 Å². The molecule has 37 heavy (non-hydrogen) atoms. The summed E-state index contributed by atoms with van der Waals surface area (Å²) in [5, 5.41) is 0.831. The summed E-state index contributed by atoms with van der Waals surface area (Å²) in [6.45, 7) is 5.47. The van der Waals surface area contributed by atoms with E-state index in [1.54, 1.807) is 29.2 Å². The van der Waals surface area contributed by atoms with Gasteiger partial charge in [-0.25, -0.2) is 0 Å². The van der Waals surface area contributed by atoms with Gasteiger partial charge in [0.05, 0.1) is 19.8 Å². The molecule has 0 radical (unpaired) electrons. The van der Waals surface area contributed by atoms with Crippen LogP contribution in [0.15, 0.2) is 71.5 Å². The van der Waals surface area contributed by atoms with Gasteiger partial charge in [-0.3, -0.25) is 9.59 Å². The summed E-state index contributed by atoms with van der Waals surface area (Å²) >= 11 is 0. The Balaban J connectivity index is 1.48. The highest BCUT2D eigenvalue weighted by molar-refractivity contribution is 5.94. The van der Waals surface area contributed by atoms with Crippen molar-refractivity contribution in [3.63, 3.8) is 0 Å². The number of rotatable bonds is 9. The Bertz CT molecular complexity index is 1480. The molecule has 190 valence electrons. The van der Waals surface area contributed by atoms with Crippen LogP contribution in [-0.2, 0) is 13.1 Å². The molecule has 0 unspecified atom stereocenters. The Labute approximate surface area is 214 Å². The van der Waals surface area contributed by atoms with Crippen molar-refractivity contribution in [2.24, 2.45) is 0 Å². The standard InChI is InChI=1S/C29H28N2O6/c1-3-34-23-8-6-20(7-9-23)29(33)31(16-19-5-12-26-27(13-19)37-18-36-26)17-22-14-21-15-24(35-4-2)10-11-25(21)30-28(22)32/h5-15H,3-4,16-18H2,1-2H3,(H,30,32). The van der Waals surface area contributed by atoms with Gasteiger partial charge >= 0.3 is 0 Å². The van der Waals surface area contributed by atoms with E-state index >= 15 is 0 Å². The van der Waals surface area contributed by atoms with Gasteiger partial charge in [-0.2, -0.15) is 0 Å². The summed E-state index contributed by atoms with van der Waals surface area (Å²) in [7, 11) is 0. The van der Waals surface area contributed by atoms with Crippen LogP contribution in [0.4, 0.5) is 0 Å². The summed E-state index contributed by atoms with van der Waals surface area (Å²) in [6.07, 6.45) is 0. The molecule has 1 amide bonds. The zero-order valence-corrected chi connectivity index (χ0v) is 20.8. The lowest BCUT2D eigenvalue weighted by atomic mass is 10.1. The number of aromatic amines is 1. The van der Waals surface area contributed by atoms with Crippen molar-refractivity contribution in [1.29, 1.82) is 0 Å². The largest absolute Gasteiger partial charge is 0.494 e. The number of benzene rings is 3. The predicted molar refractivity (Wildman–Crippen MR) is 139 cm³/mol. The minimum absolute atomic E-state index is 0.116. The van der Waals surface area contributed by atoms with Crippen molar-refractivity contribution in [2.75, 3.05) is 20.0 Å². The molecule has 5 rings (SSSR count). The number of ether oxygens (including phenoxy) is 4. The van der Waals surface area contributed by atoms with E-state index in [9.17, 15) is 9.59 Å². The second kappa shape index (κ2) is 10.7. The maximum atomic E-state index is 13.7. The van der Waals surface area contributed by atoms with Gasteiger partial charge in [0.15, 0.2) is 11.5 Å². The highest BCUT2D eigenvalue weighted by Crippen LogP contribution is 2.33. The van der Waals surface area contributed by atoms with E-state index in [1.807, 2.05) is 56.3 Å². The van der Waals surface area contributed by atoms with Gasteiger partial charge in [0, 0.05) is 28.6 Å². The minimum atomic E-state index is -0.244. The Hall–Kier alpha value is -4.46.